The molecule has 0 atom stereocenters. The summed E-state index contributed by atoms with van der Waals surface area (Å²) >= 11 is 0. The smallest absolute Gasteiger partial charge is 0.468 e. The highest BCUT2D eigenvalue weighted by atomic mass is 19.1. The Kier molecular flexibility index (Phi) is 5.03. The van der Waals surface area contributed by atoms with E-state index in [0.717, 1.165) is 16.2 Å². The fraction of sp³-hybridized carbons (Fsp3) is 0.500. The number of aryl methyl sites for hydroxylation is 1. The molecule has 1 aliphatic heterocycles. The molecule has 4 nitrogen and oxygen atoms in total. The number of ether oxygens (including phenoxy) is 2. The van der Waals surface area contributed by atoms with Crippen molar-refractivity contribution in [1.29, 1.82) is 0 Å². The first kappa shape index (κ1) is 19.1. The molecule has 0 N–H and O–H groups in total. The molecular formula is C20H26BFO4. The third-order valence-corrected chi connectivity index (χ3v) is 5.38. The average Bonchev–Trinajstić information content (AvgIpc) is 2.80. The molecule has 0 spiro atoms. The van der Waals surface area contributed by atoms with Gasteiger partial charge in [-0.1, -0.05) is 13.0 Å². The van der Waals surface area contributed by atoms with Crippen LogP contribution in [0.4, 0.5) is 4.39 Å². The Labute approximate surface area is 154 Å². The van der Waals surface area contributed by atoms with E-state index in [1.165, 1.54) is 6.07 Å². The topological polar surface area (TPSA) is 36.9 Å². The van der Waals surface area contributed by atoms with Crippen LogP contribution in [0.1, 0.15) is 40.2 Å². The quantitative estimate of drug-likeness (QED) is 0.600. The van der Waals surface area contributed by atoms with Crippen LogP contribution in [-0.2, 0) is 20.5 Å². The Morgan fingerprint density at radius 3 is 2.31 bits per heavy atom. The van der Waals surface area contributed by atoms with Gasteiger partial charge in [0.1, 0.15) is 11.6 Å². The molecule has 1 aliphatic rings. The van der Waals surface area contributed by atoms with Gasteiger partial charge in [0, 0.05) is 7.11 Å². The lowest BCUT2D eigenvalue weighted by atomic mass is 9.74. The monoisotopic (exact) mass is 360 g/mol. The molecule has 1 fully saturated rings. The molecule has 0 aliphatic carbocycles. The first-order valence-electron chi connectivity index (χ1n) is 8.92. The SMILES string of the molecule is CCc1c(F)ccc2cc(OCOC)cc(B3OC(C)(C)C(C)(C)O3)c12. The summed E-state index contributed by atoms with van der Waals surface area (Å²) in [5.41, 5.74) is 0.481. The van der Waals surface area contributed by atoms with Crippen molar-refractivity contribution in [3.63, 3.8) is 0 Å². The van der Waals surface area contributed by atoms with Gasteiger partial charge in [-0.2, -0.15) is 0 Å². The molecule has 0 amide bonds. The van der Waals surface area contributed by atoms with E-state index in [2.05, 4.69) is 0 Å². The summed E-state index contributed by atoms with van der Waals surface area (Å²) in [6.45, 7) is 10.1. The standard InChI is InChI=1S/C20H26BFO4/c1-7-15-17(22)9-8-13-10-14(24-12-23-6)11-16(18(13)15)21-25-19(2,3)20(4,5)26-21/h8-11H,7,12H2,1-6H3. The number of methoxy groups -OCH3 is 1. The fourth-order valence-electron chi connectivity index (χ4n) is 3.23. The summed E-state index contributed by atoms with van der Waals surface area (Å²) in [5, 5.41) is 1.72. The van der Waals surface area contributed by atoms with E-state index in [1.54, 1.807) is 13.2 Å². The highest BCUT2D eigenvalue weighted by Gasteiger charge is 2.52. The number of hydrogen-bond donors (Lipinski definition) is 0. The minimum atomic E-state index is -0.597. The molecule has 0 radical (unpaired) electrons. The van der Waals surface area contributed by atoms with E-state index < -0.39 is 18.3 Å². The molecule has 2 aromatic carbocycles. The summed E-state index contributed by atoms with van der Waals surface area (Å²) < 4.78 is 37.6. The van der Waals surface area contributed by atoms with Gasteiger partial charge in [-0.15, -0.1) is 0 Å². The minimum Gasteiger partial charge on any atom is -0.468 e. The van der Waals surface area contributed by atoms with Crippen molar-refractivity contribution in [2.24, 2.45) is 0 Å². The summed E-state index contributed by atoms with van der Waals surface area (Å²) in [6.07, 6.45) is 0.577. The highest BCUT2D eigenvalue weighted by Crippen LogP contribution is 2.38. The predicted octanol–water partition coefficient (Wildman–Crippen LogP) is 3.82. The van der Waals surface area contributed by atoms with Crippen molar-refractivity contribution < 1.29 is 23.2 Å². The van der Waals surface area contributed by atoms with Crippen molar-refractivity contribution in [2.45, 2.75) is 52.2 Å². The van der Waals surface area contributed by atoms with E-state index in [0.29, 0.717) is 17.7 Å². The van der Waals surface area contributed by atoms with Crippen molar-refractivity contribution in [3.8, 4) is 5.75 Å². The number of benzene rings is 2. The van der Waals surface area contributed by atoms with Crippen LogP contribution in [0.15, 0.2) is 24.3 Å². The second kappa shape index (κ2) is 6.84. The molecule has 6 heteroatoms. The fourth-order valence-corrected chi connectivity index (χ4v) is 3.23. The van der Waals surface area contributed by atoms with Gasteiger partial charge in [-0.3, -0.25) is 0 Å². The zero-order valence-corrected chi connectivity index (χ0v) is 16.3. The largest absolute Gasteiger partial charge is 0.495 e. The van der Waals surface area contributed by atoms with Crippen LogP contribution in [-0.4, -0.2) is 32.2 Å². The molecule has 0 aromatic heterocycles. The van der Waals surface area contributed by atoms with Gasteiger partial charge >= 0.3 is 7.12 Å². The lowest BCUT2D eigenvalue weighted by Crippen LogP contribution is -2.41. The van der Waals surface area contributed by atoms with E-state index >= 15 is 0 Å². The van der Waals surface area contributed by atoms with Gasteiger partial charge in [-0.05, 0) is 74.1 Å². The first-order valence-corrected chi connectivity index (χ1v) is 8.92. The molecule has 0 bridgehead atoms. The third kappa shape index (κ3) is 3.22. The summed E-state index contributed by atoms with van der Waals surface area (Å²) in [5.74, 6) is 0.418. The molecular weight excluding hydrogens is 334 g/mol. The molecule has 0 saturated carbocycles. The summed E-state index contributed by atoms with van der Waals surface area (Å²) in [6, 6.07) is 7.01. The van der Waals surface area contributed by atoms with Crippen LogP contribution in [0.5, 0.6) is 5.75 Å². The zero-order chi connectivity index (χ0) is 19.1. The lowest BCUT2D eigenvalue weighted by Gasteiger charge is -2.32. The number of rotatable bonds is 5. The normalized spacial score (nSPS) is 18.5. The van der Waals surface area contributed by atoms with Gasteiger partial charge in [0.05, 0.1) is 11.2 Å². The molecule has 1 heterocycles. The van der Waals surface area contributed by atoms with E-state index in [1.807, 2.05) is 46.8 Å². The number of hydrogen-bond acceptors (Lipinski definition) is 4. The predicted molar refractivity (Wildman–Crippen MR) is 102 cm³/mol. The Morgan fingerprint density at radius 1 is 1.08 bits per heavy atom. The van der Waals surface area contributed by atoms with Gasteiger partial charge in [0.2, 0.25) is 0 Å². The minimum absolute atomic E-state index is 0.135. The molecule has 140 valence electrons. The summed E-state index contributed by atoms with van der Waals surface area (Å²) in [7, 11) is 0.974. The maximum Gasteiger partial charge on any atom is 0.495 e. The van der Waals surface area contributed by atoms with Crippen molar-refractivity contribution in [3.05, 3.63) is 35.6 Å². The van der Waals surface area contributed by atoms with Crippen LogP contribution in [0, 0.1) is 5.82 Å². The van der Waals surface area contributed by atoms with Crippen molar-refractivity contribution in [1.82, 2.24) is 0 Å². The second-order valence-corrected chi connectivity index (χ2v) is 7.63. The molecule has 2 aromatic rings. The van der Waals surface area contributed by atoms with Gasteiger partial charge < -0.3 is 18.8 Å². The van der Waals surface area contributed by atoms with Gasteiger partial charge in [0.15, 0.2) is 6.79 Å². The molecule has 26 heavy (non-hydrogen) atoms. The lowest BCUT2D eigenvalue weighted by molar-refractivity contribution is 0.00578. The number of fused-ring (bicyclic) bond motifs is 1. The van der Waals surface area contributed by atoms with Crippen LogP contribution >= 0.6 is 0 Å². The Bertz CT molecular complexity index is 803. The average molecular weight is 360 g/mol. The van der Waals surface area contributed by atoms with Crippen LogP contribution < -0.4 is 10.2 Å². The van der Waals surface area contributed by atoms with Gasteiger partial charge in [0.25, 0.3) is 0 Å². The van der Waals surface area contributed by atoms with E-state index in [4.69, 9.17) is 18.8 Å². The first-order chi connectivity index (χ1) is 12.2. The summed E-state index contributed by atoms with van der Waals surface area (Å²) in [4.78, 5) is 0. The Morgan fingerprint density at radius 2 is 1.73 bits per heavy atom. The number of halogens is 1. The van der Waals surface area contributed by atoms with E-state index in [9.17, 15) is 4.39 Å². The van der Waals surface area contributed by atoms with Crippen LogP contribution in [0.25, 0.3) is 10.8 Å². The van der Waals surface area contributed by atoms with Crippen LogP contribution in [0.2, 0.25) is 0 Å². The molecule has 0 unspecified atom stereocenters. The third-order valence-electron chi connectivity index (χ3n) is 5.38. The highest BCUT2D eigenvalue weighted by molar-refractivity contribution is 6.65. The maximum atomic E-state index is 14.5. The molecule has 3 rings (SSSR count). The zero-order valence-electron chi connectivity index (χ0n) is 16.3. The van der Waals surface area contributed by atoms with Crippen LogP contribution in [0.3, 0.4) is 0 Å². The van der Waals surface area contributed by atoms with Gasteiger partial charge in [-0.25, -0.2) is 4.39 Å². The second-order valence-electron chi connectivity index (χ2n) is 7.63. The van der Waals surface area contributed by atoms with Crippen molar-refractivity contribution in [2.75, 3.05) is 13.9 Å². The Balaban J connectivity index is 2.19. The van der Waals surface area contributed by atoms with Crippen molar-refractivity contribution >= 4 is 23.4 Å². The molecule has 1 saturated heterocycles. The maximum absolute atomic E-state index is 14.5. The van der Waals surface area contributed by atoms with E-state index in [-0.39, 0.29) is 12.6 Å². The Hall–Kier alpha value is -1.63.